The number of rotatable bonds is 6. The average molecular weight is 434 g/mol. The number of hydrogen-bond acceptors (Lipinski definition) is 6. The lowest BCUT2D eigenvalue weighted by molar-refractivity contribution is -0.121. The zero-order chi connectivity index (χ0) is 22.5. The first-order valence-electron chi connectivity index (χ1n) is 10.8. The predicted molar refractivity (Wildman–Crippen MR) is 122 cm³/mol. The van der Waals surface area contributed by atoms with Gasteiger partial charge in [-0.3, -0.25) is 14.5 Å². The van der Waals surface area contributed by atoms with E-state index >= 15 is 0 Å². The molecule has 166 valence electrons. The number of nitrogens with one attached hydrogen (secondary N) is 2. The number of likely N-dealkylation sites (tertiary alicyclic amines) is 1. The van der Waals surface area contributed by atoms with E-state index < -0.39 is 0 Å². The minimum Gasteiger partial charge on any atom is -0.338 e. The third kappa shape index (κ3) is 5.39. The van der Waals surface area contributed by atoms with Gasteiger partial charge in [-0.05, 0) is 56.6 Å². The van der Waals surface area contributed by atoms with Gasteiger partial charge >= 0.3 is 0 Å². The van der Waals surface area contributed by atoms with E-state index in [1.54, 1.807) is 18.2 Å². The molecule has 1 saturated heterocycles. The molecule has 0 spiro atoms. The Bertz CT molecular complexity index is 1100. The van der Waals surface area contributed by atoms with Gasteiger partial charge in [-0.2, -0.15) is 4.98 Å². The van der Waals surface area contributed by atoms with E-state index in [1.165, 1.54) is 6.92 Å². The quantitative estimate of drug-likeness (QED) is 0.612. The van der Waals surface area contributed by atoms with Crippen LogP contribution in [0.4, 0.5) is 11.4 Å². The molecular formula is C24H27N5O3. The SMILES string of the molecule is CC(=O)Nc1cccc(NC(=O)C2CCN(Cc3nc(-c4ccccc4C)no3)CC2)c1. The van der Waals surface area contributed by atoms with Gasteiger partial charge < -0.3 is 15.2 Å². The Kier molecular flexibility index (Phi) is 6.61. The van der Waals surface area contributed by atoms with Crippen LogP contribution in [0.15, 0.2) is 53.1 Å². The highest BCUT2D eigenvalue weighted by Crippen LogP contribution is 2.24. The molecule has 0 radical (unpaired) electrons. The third-order valence-corrected chi connectivity index (χ3v) is 5.62. The van der Waals surface area contributed by atoms with Crippen molar-refractivity contribution in [2.24, 2.45) is 5.92 Å². The highest BCUT2D eigenvalue weighted by Gasteiger charge is 2.26. The average Bonchev–Trinajstić information content (AvgIpc) is 3.22. The predicted octanol–water partition coefficient (Wildman–Crippen LogP) is 3.85. The highest BCUT2D eigenvalue weighted by molar-refractivity contribution is 5.94. The van der Waals surface area contributed by atoms with E-state index in [2.05, 4.69) is 25.7 Å². The molecule has 32 heavy (non-hydrogen) atoms. The van der Waals surface area contributed by atoms with Crippen molar-refractivity contribution in [2.45, 2.75) is 33.2 Å². The van der Waals surface area contributed by atoms with E-state index in [-0.39, 0.29) is 17.7 Å². The second-order valence-electron chi connectivity index (χ2n) is 8.13. The molecule has 0 aliphatic carbocycles. The normalized spacial score (nSPS) is 14.8. The molecule has 2 amide bonds. The number of carbonyl (C=O) groups excluding carboxylic acids is 2. The Morgan fingerprint density at radius 3 is 2.50 bits per heavy atom. The first kappa shape index (κ1) is 21.7. The molecule has 0 atom stereocenters. The lowest BCUT2D eigenvalue weighted by atomic mass is 9.96. The fourth-order valence-corrected chi connectivity index (χ4v) is 3.92. The van der Waals surface area contributed by atoms with E-state index in [0.29, 0.717) is 29.6 Å². The van der Waals surface area contributed by atoms with Gasteiger partial charge in [0.05, 0.1) is 6.54 Å². The first-order valence-corrected chi connectivity index (χ1v) is 10.8. The molecule has 0 unspecified atom stereocenters. The summed E-state index contributed by atoms with van der Waals surface area (Å²) in [6, 6.07) is 15.1. The van der Waals surface area contributed by atoms with Crippen molar-refractivity contribution in [1.29, 1.82) is 0 Å². The zero-order valence-electron chi connectivity index (χ0n) is 18.3. The fourth-order valence-electron chi connectivity index (χ4n) is 3.92. The summed E-state index contributed by atoms with van der Waals surface area (Å²) >= 11 is 0. The Morgan fingerprint density at radius 2 is 1.78 bits per heavy atom. The summed E-state index contributed by atoms with van der Waals surface area (Å²) in [6.45, 7) is 5.62. The van der Waals surface area contributed by atoms with E-state index in [9.17, 15) is 9.59 Å². The lowest BCUT2D eigenvalue weighted by Crippen LogP contribution is -2.37. The number of hydrogen-bond donors (Lipinski definition) is 2. The van der Waals surface area contributed by atoms with Crippen LogP contribution in [0.5, 0.6) is 0 Å². The molecule has 1 fully saturated rings. The minimum absolute atomic E-state index is 0.00394. The van der Waals surface area contributed by atoms with Crippen LogP contribution < -0.4 is 10.6 Å². The Balaban J connectivity index is 1.29. The van der Waals surface area contributed by atoms with Crippen molar-refractivity contribution < 1.29 is 14.1 Å². The number of piperidine rings is 1. The molecular weight excluding hydrogens is 406 g/mol. The molecule has 4 rings (SSSR count). The van der Waals surface area contributed by atoms with Crippen LogP contribution in [-0.4, -0.2) is 39.9 Å². The van der Waals surface area contributed by atoms with Crippen LogP contribution in [0.25, 0.3) is 11.4 Å². The maximum absolute atomic E-state index is 12.7. The zero-order valence-corrected chi connectivity index (χ0v) is 18.3. The van der Waals surface area contributed by atoms with Crippen molar-refractivity contribution >= 4 is 23.2 Å². The maximum Gasteiger partial charge on any atom is 0.241 e. The Morgan fingerprint density at radius 1 is 1.06 bits per heavy atom. The summed E-state index contributed by atoms with van der Waals surface area (Å²) in [5, 5.41) is 9.82. The topological polar surface area (TPSA) is 100 Å². The van der Waals surface area contributed by atoms with Gasteiger partial charge in [0.25, 0.3) is 0 Å². The summed E-state index contributed by atoms with van der Waals surface area (Å²) in [7, 11) is 0. The van der Waals surface area contributed by atoms with Gasteiger partial charge in [0.1, 0.15) is 0 Å². The molecule has 1 aliphatic heterocycles. The largest absolute Gasteiger partial charge is 0.338 e. The van der Waals surface area contributed by atoms with Crippen molar-refractivity contribution in [3.05, 3.63) is 60.0 Å². The van der Waals surface area contributed by atoms with Crippen molar-refractivity contribution in [2.75, 3.05) is 23.7 Å². The van der Waals surface area contributed by atoms with E-state index in [1.807, 2.05) is 37.3 Å². The molecule has 3 aromatic rings. The summed E-state index contributed by atoms with van der Waals surface area (Å²) < 4.78 is 5.46. The van der Waals surface area contributed by atoms with Gasteiger partial charge in [0.15, 0.2) is 0 Å². The third-order valence-electron chi connectivity index (χ3n) is 5.62. The molecule has 8 nitrogen and oxygen atoms in total. The van der Waals surface area contributed by atoms with Gasteiger partial charge in [0.2, 0.25) is 23.5 Å². The van der Waals surface area contributed by atoms with Crippen LogP contribution in [0, 0.1) is 12.8 Å². The second kappa shape index (κ2) is 9.74. The number of aromatic nitrogens is 2. The molecule has 0 saturated carbocycles. The number of carbonyl (C=O) groups is 2. The maximum atomic E-state index is 12.7. The van der Waals surface area contributed by atoms with Crippen molar-refractivity contribution in [3.63, 3.8) is 0 Å². The smallest absolute Gasteiger partial charge is 0.241 e. The molecule has 2 N–H and O–H groups in total. The minimum atomic E-state index is -0.145. The molecule has 2 heterocycles. The monoisotopic (exact) mass is 433 g/mol. The van der Waals surface area contributed by atoms with Crippen LogP contribution >= 0.6 is 0 Å². The molecule has 1 aromatic heterocycles. The van der Waals surface area contributed by atoms with Gasteiger partial charge in [-0.15, -0.1) is 0 Å². The standard InChI is InChI=1S/C24H27N5O3/c1-16-6-3-4-9-21(16)23-27-22(32-28-23)15-29-12-10-18(11-13-29)24(31)26-20-8-5-7-19(14-20)25-17(2)30/h3-9,14,18H,10-13,15H2,1-2H3,(H,25,30)(H,26,31). The molecule has 8 heteroatoms. The van der Waals surface area contributed by atoms with Gasteiger partial charge in [-0.1, -0.05) is 35.5 Å². The highest BCUT2D eigenvalue weighted by atomic mass is 16.5. The number of benzene rings is 2. The van der Waals surface area contributed by atoms with Gasteiger partial charge in [0, 0.05) is 29.8 Å². The molecule has 2 aromatic carbocycles. The lowest BCUT2D eigenvalue weighted by Gasteiger charge is -2.30. The molecule has 0 bridgehead atoms. The van der Waals surface area contributed by atoms with Crippen LogP contribution in [0.1, 0.15) is 31.2 Å². The van der Waals surface area contributed by atoms with Crippen molar-refractivity contribution in [1.82, 2.24) is 15.0 Å². The Hall–Kier alpha value is -3.52. The van der Waals surface area contributed by atoms with Crippen molar-refractivity contribution in [3.8, 4) is 11.4 Å². The summed E-state index contributed by atoms with van der Waals surface area (Å²) in [4.78, 5) is 30.7. The first-order chi connectivity index (χ1) is 15.5. The van der Waals surface area contributed by atoms with Crippen LogP contribution in [0.3, 0.4) is 0 Å². The van der Waals surface area contributed by atoms with Gasteiger partial charge in [-0.25, -0.2) is 0 Å². The van der Waals surface area contributed by atoms with E-state index in [4.69, 9.17) is 4.52 Å². The number of anilines is 2. The van der Waals surface area contributed by atoms with Crippen LogP contribution in [-0.2, 0) is 16.1 Å². The number of aryl methyl sites for hydroxylation is 1. The van der Waals surface area contributed by atoms with Crippen LogP contribution in [0.2, 0.25) is 0 Å². The molecule has 1 aliphatic rings. The Labute approximate surface area is 187 Å². The second-order valence-corrected chi connectivity index (χ2v) is 8.13. The summed E-state index contributed by atoms with van der Waals surface area (Å²) in [6.07, 6.45) is 1.52. The number of amides is 2. The summed E-state index contributed by atoms with van der Waals surface area (Å²) in [5.41, 5.74) is 3.42. The summed E-state index contributed by atoms with van der Waals surface area (Å²) in [5.74, 6) is 0.994. The van der Waals surface area contributed by atoms with E-state index in [0.717, 1.165) is 37.1 Å². The number of nitrogens with zero attached hydrogens (tertiary/aromatic N) is 3. The fraction of sp³-hybridized carbons (Fsp3) is 0.333.